The van der Waals surface area contributed by atoms with Crippen LogP contribution >= 0.6 is 0 Å². The number of furan rings is 1. The van der Waals surface area contributed by atoms with E-state index in [4.69, 9.17) is 4.42 Å². The van der Waals surface area contributed by atoms with Crippen LogP contribution < -0.4 is 5.32 Å². The van der Waals surface area contributed by atoms with Crippen molar-refractivity contribution in [3.63, 3.8) is 0 Å². The average Bonchev–Trinajstić information content (AvgIpc) is 2.95. The van der Waals surface area contributed by atoms with Gasteiger partial charge in [-0.05, 0) is 48.7 Å². The number of carboxylic acids is 1. The molecule has 0 spiro atoms. The normalized spacial score (nSPS) is 12.5. The van der Waals surface area contributed by atoms with E-state index in [1.54, 1.807) is 12.1 Å². The predicted octanol–water partition coefficient (Wildman–Crippen LogP) is 3.92. The Balaban J connectivity index is 1.89. The third kappa shape index (κ3) is 5.21. The van der Waals surface area contributed by atoms with Crippen LogP contribution in [0.3, 0.4) is 0 Å². The van der Waals surface area contributed by atoms with Crippen LogP contribution in [-0.2, 0) is 11.3 Å². The highest BCUT2D eigenvalue weighted by molar-refractivity contribution is 5.70. The van der Waals surface area contributed by atoms with Crippen molar-refractivity contribution in [2.45, 2.75) is 26.8 Å². The molecule has 5 heteroatoms. The van der Waals surface area contributed by atoms with E-state index < -0.39 is 11.9 Å². The van der Waals surface area contributed by atoms with E-state index in [0.29, 0.717) is 31.2 Å². The van der Waals surface area contributed by atoms with Gasteiger partial charge in [-0.1, -0.05) is 13.8 Å². The predicted molar refractivity (Wildman–Crippen MR) is 86.4 cm³/mol. The van der Waals surface area contributed by atoms with Gasteiger partial charge in [-0.2, -0.15) is 0 Å². The zero-order valence-corrected chi connectivity index (χ0v) is 13.4. The molecule has 0 bridgehead atoms. The second-order valence-electron chi connectivity index (χ2n) is 6.07. The lowest BCUT2D eigenvalue weighted by Crippen LogP contribution is -2.29. The lowest BCUT2D eigenvalue weighted by atomic mass is 9.97. The van der Waals surface area contributed by atoms with Gasteiger partial charge >= 0.3 is 5.97 Å². The molecule has 0 saturated heterocycles. The largest absolute Gasteiger partial charge is 0.481 e. The number of nitrogens with one attached hydrogen (secondary N) is 1. The van der Waals surface area contributed by atoms with Crippen LogP contribution in [0.5, 0.6) is 0 Å². The van der Waals surface area contributed by atoms with Gasteiger partial charge in [0, 0.05) is 12.1 Å². The summed E-state index contributed by atoms with van der Waals surface area (Å²) in [7, 11) is 0. The molecular weight excluding hydrogens is 297 g/mol. The van der Waals surface area contributed by atoms with Gasteiger partial charge in [-0.15, -0.1) is 0 Å². The lowest BCUT2D eigenvalue weighted by molar-refractivity contribution is -0.142. The fourth-order valence-corrected chi connectivity index (χ4v) is 2.45. The molecule has 0 aliphatic carbocycles. The quantitative estimate of drug-likeness (QED) is 0.774. The Morgan fingerprint density at radius 2 is 1.91 bits per heavy atom. The van der Waals surface area contributed by atoms with Crippen molar-refractivity contribution in [2.24, 2.45) is 11.8 Å². The first kappa shape index (κ1) is 17.2. The van der Waals surface area contributed by atoms with Crippen LogP contribution in [0.25, 0.3) is 11.3 Å². The Morgan fingerprint density at radius 3 is 2.52 bits per heavy atom. The van der Waals surface area contributed by atoms with E-state index in [0.717, 1.165) is 11.3 Å². The SMILES string of the molecule is CC(C)CC(CNCc1ccc(-c2ccc(F)cc2)o1)C(=O)O. The lowest BCUT2D eigenvalue weighted by Gasteiger charge is -2.14. The zero-order valence-electron chi connectivity index (χ0n) is 13.4. The molecule has 0 fully saturated rings. The summed E-state index contributed by atoms with van der Waals surface area (Å²) < 4.78 is 18.6. The van der Waals surface area contributed by atoms with E-state index in [2.05, 4.69) is 5.32 Å². The smallest absolute Gasteiger partial charge is 0.307 e. The molecule has 2 aromatic rings. The Morgan fingerprint density at radius 1 is 1.22 bits per heavy atom. The minimum Gasteiger partial charge on any atom is -0.481 e. The number of rotatable bonds is 8. The molecule has 0 aliphatic rings. The molecule has 1 aromatic heterocycles. The van der Waals surface area contributed by atoms with Crippen molar-refractivity contribution in [3.05, 3.63) is 48.0 Å². The molecule has 1 aromatic carbocycles. The molecule has 1 heterocycles. The minimum atomic E-state index is -0.780. The molecule has 23 heavy (non-hydrogen) atoms. The Labute approximate surface area is 135 Å². The fraction of sp³-hybridized carbons (Fsp3) is 0.389. The van der Waals surface area contributed by atoms with Crippen molar-refractivity contribution in [1.29, 1.82) is 0 Å². The van der Waals surface area contributed by atoms with Crippen molar-refractivity contribution < 1.29 is 18.7 Å². The van der Waals surface area contributed by atoms with Crippen molar-refractivity contribution in [2.75, 3.05) is 6.54 Å². The second-order valence-corrected chi connectivity index (χ2v) is 6.07. The number of carboxylic acid groups (broad SMARTS) is 1. The summed E-state index contributed by atoms with van der Waals surface area (Å²) in [5, 5.41) is 12.3. The molecule has 4 nitrogen and oxygen atoms in total. The van der Waals surface area contributed by atoms with Gasteiger partial charge in [0.15, 0.2) is 0 Å². The summed E-state index contributed by atoms with van der Waals surface area (Å²) in [4.78, 5) is 11.2. The number of aliphatic carboxylic acids is 1. The first-order chi connectivity index (χ1) is 11.0. The number of carbonyl (C=O) groups is 1. The fourth-order valence-electron chi connectivity index (χ4n) is 2.45. The molecule has 124 valence electrons. The Bertz CT molecular complexity index is 634. The van der Waals surface area contributed by atoms with E-state index >= 15 is 0 Å². The Kier molecular flexibility index (Phi) is 5.93. The van der Waals surface area contributed by atoms with Gasteiger partial charge in [-0.3, -0.25) is 4.79 Å². The van der Waals surface area contributed by atoms with Crippen LogP contribution in [0.15, 0.2) is 40.8 Å². The summed E-state index contributed by atoms with van der Waals surface area (Å²) in [6.07, 6.45) is 0.640. The topological polar surface area (TPSA) is 62.5 Å². The second kappa shape index (κ2) is 7.92. The van der Waals surface area contributed by atoms with Crippen molar-refractivity contribution in [1.82, 2.24) is 5.32 Å². The highest BCUT2D eigenvalue weighted by atomic mass is 19.1. The maximum Gasteiger partial charge on any atom is 0.307 e. The van der Waals surface area contributed by atoms with Crippen molar-refractivity contribution in [3.8, 4) is 11.3 Å². The van der Waals surface area contributed by atoms with Crippen LogP contribution in [0.4, 0.5) is 4.39 Å². The third-order valence-electron chi connectivity index (χ3n) is 3.59. The summed E-state index contributed by atoms with van der Waals surface area (Å²) >= 11 is 0. The van der Waals surface area contributed by atoms with Crippen LogP contribution in [0.2, 0.25) is 0 Å². The van der Waals surface area contributed by atoms with Gasteiger partial charge in [-0.25, -0.2) is 4.39 Å². The molecule has 2 rings (SSSR count). The molecule has 1 atom stereocenters. The first-order valence-corrected chi connectivity index (χ1v) is 7.74. The maximum atomic E-state index is 12.9. The standard InChI is InChI=1S/C18H22FNO3/c1-12(2)9-14(18(21)22)10-20-11-16-7-8-17(23-16)13-3-5-15(19)6-4-13/h3-8,12,14,20H,9-11H2,1-2H3,(H,21,22). The van der Waals surface area contributed by atoms with Gasteiger partial charge in [0.1, 0.15) is 17.3 Å². The Hall–Kier alpha value is -2.14. The van der Waals surface area contributed by atoms with E-state index in [1.807, 2.05) is 26.0 Å². The summed E-state index contributed by atoms with van der Waals surface area (Å²) in [6.45, 7) is 4.89. The first-order valence-electron chi connectivity index (χ1n) is 7.74. The number of hydrogen-bond acceptors (Lipinski definition) is 3. The molecule has 0 radical (unpaired) electrons. The minimum absolute atomic E-state index is 0.285. The highest BCUT2D eigenvalue weighted by Crippen LogP contribution is 2.22. The van der Waals surface area contributed by atoms with Crippen LogP contribution in [-0.4, -0.2) is 17.6 Å². The monoisotopic (exact) mass is 319 g/mol. The molecule has 0 amide bonds. The molecular formula is C18H22FNO3. The number of hydrogen-bond donors (Lipinski definition) is 2. The highest BCUT2D eigenvalue weighted by Gasteiger charge is 2.18. The zero-order chi connectivity index (χ0) is 16.8. The van der Waals surface area contributed by atoms with Gasteiger partial charge in [0.25, 0.3) is 0 Å². The number of halogens is 1. The molecule has 2 N–H and O–H groups in total. The van der Waals surface area contributed by atoms with Gasteiger partial charge < -0.3 is 14.8 Å². The summed E-state index contributed by atoms with van der Waals surface area (Å²) in [6, 6.07) is 9.76. The number of benzene rings is 1. The van der Waals surface area contributed by atoms with E-state index in [1.165, 1.54) is 12.1 Å². The molecule has 0 aliphatic heterocycles. The average molecular weight is 319 g/mol. The summed E-state index contributed by atoms with van der Waals surface area (Å²) in [5.41, 5.74) is 0.806. The van der Waals surface area contributed by atoms with Crippen LogP contribution in [0.1, 0.15) is 26.0 Å². The van der Waals surface area contributed by atoms with E-state index in [9.17, 15) is 14.3 Å². The molecule has 0 saturated carbocycles. The molecule has 1 unspecified atom stereocenters. The maximum absolute atomic E-state index is 12.9. The van der Waals surface area contributed by atoms with Crippen LogP contribution in [0, 0.1) is 17.7 Å². The third-order valence-corrected chi connectivity index (χ3v) is 3.59. The van der Waals surface area contributed by atoms with Crippen molar-refractivity contribution >= 4 is 5.97 Å². The van der Waals surface area contributed by atoms with Gasteiger partial charge in [0.2, 0.25) is 0 Å². The van der Waals surface area contributed by atoms with E-state index in [-0.39, 0.29) is 5.82 Å². The summed E-state index contributed by atoms with van der Waals surface area (Å²) in [5.74, 6) is 0.259. The van der Waals surface area contributed by atoms with Gasteiger partial charge in [0.05, 0.1) is 12.5 Å².